The highest BCUT2D eigenvalue weighted by Gasteiger charge is 2.38. The van der Waals surface area contributed by atoms with Crippen molar-refractivity contribution in [3.05, 3.63) is 71.8 Å². The van der Waals surface area contributed by atoms with Crippen LogP contribution in [-0.2, 0) is 9.59 Å². The number of halogens is 1. The average Bonchev–Trinajstić information content (AvgIpc) is 2.73. The minimum absolute atomic E-state index is 0.333. The number of carbonyl (C=O) groups excluding carboxylic acids is 2. The molecule has 0 radical (unpaired) electrons. The molecule has 1 aliphatic rings. The maximum Gasteiger partial charge on any atom is 0.272 e. The number of amides is 2. The lowest BCUT2D eigenvalue weighted by molar-refractivity contribution is -0.129. The molecule has 0 bridgehead atoms. The SMILES string of the molecule is O=C1C(c2ccccc2)=C(c2ccccc2)C(=O)N1Br. The minimum Gasteiger partial charge on any atom is -0.268 e. The molecule has 0 atom stereocenters. The van der Waals surface area contributed by atoms with Crippen LogP contribution in [0, 0.1) is 0 Å². The lowest BCUT2D eigenvalue weighted by atomic mass is 9.96. The number of rotatable bonds is 2. The van der Waals surface area contributed by atoms with E-state index in [1.165, 1.54) is 0 Å². The lowest BCUT2D eigenvalue weighted by Crippen LogP contribution is -2.20. The Bertz CT molecular complexity index is 646. The summed E-state index contributed by atoms with van der Waals surface area (Å²) in [6, 6.07) is 18.5. The maximum absolute atomic E-state index is 12.3. The van der Waals surface area contributed by atoms with Crippen LogP contribution in [-0.4, -0.2) is 15.7 Å². The summed E-state index contributed by atoms with van der Waals surface area (Å²) >= 11 is 3.04. The normalized spacial score (nSPS) is 15.2. The van der Waals surface area contributed by atoms with E-state index in [1.54, 1.807) is 0 Å². The van der Waals surface area contributed by atoms with Crippen molar-refractivity contribution in [1.29, 1.82) is 0 Å². The second-order valence-electron chi connectivity index (χ2n) is 4.37. The van der Waals surface area contributed by atoms with Gasteiger partial charge < -0.3 is 0 Å². The Morgan fingerprint density at radius 2 is 1.00 bits per heavy atom. The molecule has 1 aliphatic heterocycles. The molecule has 0 aromatic heterocycles. The van der Waals surface area contributed by atoms with E-state index in [0.717, 1.165) is 15.1 Å². The standard InChI is InChI=1S/C16H10BrNO2/c17-18-15(19)13(11-7-3-1-4-8-11)14(16(18)20)12-9-5-2-6-10-12/h1-10H. The Labute approximate surface area is 124 Å². The summed E-state index contributed by atoms with van der Waals surface area (Å²) in [6.07, 6.45) is 0. The van der Waals surface area contributed by atoms with Gasteiger partial charge in [-0.1, -0.05) is 60.7 Å². The summed E-state index contributed by atoms with van der Waals surface area (Å²) in [7, 11) is 0. The fourth-order valence-electron chi connectivity index (χ4n) is 2.25. The van der Waals surface area contributed by atoms with E-state index in [4.69, 9.17) is 0 Å². The second kappa shape index (κ2) is 5.06. The molecule has 4 heteroatoms. The number of nitrogens with zero attached hydrogens (tertiary/aromatic N) is 1. The molecule has 1 heterocycles. The first-order chi connectivity index (χ1) is 9.70. The number of carbonyl (C=O) groups is 2. The lowest BCUT2D eigenvalue weighted by Gasteiger charge is -2.03. The van der Waals surface area contributed by atoms with Gasteiger partial charge in [0.2, 0.25) is 0 Å². The summed E-state index contributed by atoms with van der Waals surface area (Å²) in [5, 5.41) is 0. The molecule has 20 heavy (non-hydrogen) atoms. The van der Waals surface area contributed by atoms with Crippen molar-refractivity contribution in [2.75, 3.05) is 0 Å². The highest BCUT2D eigenvalue weighted by Crippen LogP contribution is 2.36. The summed E-state index contributed by atoms with van der Waals surface area (Å²) < 4.78 is 0.984. The summed E-state index contributed by atoms with van der Waals surface area (Å²) in [6.45, 7) is 0. The van der Waals surface area contributed by atoms with Crippen molar-refractivity contribution in [2.45, 2.75) is 0 Å². The van der Waals surface area contributed by atoms with Gasteiger partial charge in [-0.15, -0.1) is 0 Å². The van der Waals surface area contributed by atoms with E-state index in [1.807, 2.05) is 60.7 Å². The monoisotopic (exact) mass is 327 g/mol. The van der Waals surface area contributed by atoms with Gasteiger partial charge in [-0.3, -0.25) is 9.59 Å². The summed E-state index contributed by atoms with van der Waals surface area (Å²) in [4.78, 5) is 24.6. The van der Waals surface area contributed by atoms with Crippen LogP contribution in [0.3, 0.4) is 0 Å². The van der Waals surface area contributed by atoms with Crippen LogP contribution >= 0.6 is 16.1 Å². The van der Waals surface area contributed by atoms with Gasteiger partial charge in [0.1, 0.15) is 0 Å². The summed E-state index contributed by atoms with van der Waals surface area (Å²) in [5.41, 5.74) is 2.34. The zero-order chi connectivity index (χ0) is 14.1. The number of hydrogen-bond acceptors (Lipinski definition) is 2. The molecule has 0 saturated heterocycles. The van der Waals surface area contributed by atoms with Crippen LogP contribution in [0.2, 0.25) is 0 Å². The molecule has 0 spiro atoms. The topological polar surface area (TPSA) is 37.4 Å². The zero-order valence-electron chi connectivity index (χ0n) is 10.4. The molecule has 98 valence electrons. The molecule has 0 saturated carbocycles. The van der Waals surface area contributed by atoms with Gasteiger partial charge in [-0.2, -0.15) is 0 Å². The van der Waals surface area contributed by atoms with Crippen molar-refractivity contribution >= 4 is 39.1 Å². The molecule has 2 aromatic rings. The number of benzene rings is 2. The van der Waals surface area contributed by atoms with Gasteiger partial charge in [0.25, 0.3) is 11.8 Å². The Balaban J connectivity index is 2.26. The third-order valence-electron chi connectivity index (χ3n) is 3.16. The number of hydrogen-bond donors (Lipinski definition) is 0. The predicted molar refractivity (Wildman–Crippen MR) is 80.5 cm³/mol. The van der Waals surface area contributed by atoms with E-state index in [2.05, 4.69) is 16.1 Å². The molecule has 0 N–H and O–H groups in total. The van der Waals surface area contributed by atoms with E-state index in [-0.39, 0.29) is 11.8 Å². The molecule has 0 aliphatic carbocycles. The van der Waals surface area contributed by atoms with Crippen molar-refractivity contribution in [3.63, 3.8) is 0 Å². The van der Waals surface area contributed by atoms with Crippen LogP contribution in [0.5, 0.6) is 0 Å². The molecule has 0 unspecified atom stereocenters. The third kappa shape index (κ3) is 1.98. The third-order valence-corrected chi connectivity index (χ3v) is 3.80. The minimum atomic E-state index is -0.333. The highest BCUT2D eigenvalue weighted by molar-refractivity contribution is 9.08. The van der Waals surface area contributed by atoms with E-state index < -0.39 is 0 Å². The van der Waals surface area contributed by atoms with Gasteiger partial charge in [-0.05, 0) is 11.1 Å². The van der Waals surface area contributed by atoms with Crippen LogP contribution in [0.15, 0.2) is 60.7 Å². The molecule has 2 amide bonds. The predicted octanol–water partition coefficient (Wildman–Crippen LogP) is 3.28. The fraction of sp³-hybridized carbons (Fsp3) is 0. The van der Waals surface area contributed by atoms with E-state index in [9.17, 15) is 9.59 Å². The molecule has 0 fully saturated rings. The average molecular weight is 328 g/mol. The van der Waals surface area contributed by atoms with Crippen molar-refractivity contribution in [3.8, 4) is 0 Å². The molecule has 2 aromatic carbocycles. The molecular weight excluding hydrogens is 318 g/mol. The Hall–Kier alpha value is -2.20. The first-order valence-corrected chi connectivity index (χ1v) is 6.81. The van der Waals surface area contributed by atoms with Crippen molar-refractivity contribution < 1.29 is 9.59 Å². The Morgan fingerprint density at radius 1 is 0.650 bits per heavy atom. The Morgan fingerprint density at radius 3 is 1.35 bits per heavy atom. The first kappa shape index (κ1) is 12.8. The van der Waals surface area contributed by atoms with Gasteiger partial charge in [0.05, 0.1) is 27.3 Å². The zero-order valence-corrected chi connectivity index (χ0v) is 12.0. The quantitative estimate of drug-likeness (QED) is 0.627. The van der Waals surface area contributed by atoms with Crippen LogP contribution in [0.4, 0.5) is 0 Å². The van der Waals surface area contributed by atoms with E-state index in [0.29, 0.717) is 11.1 Å². The van der Waals surface area contributed by atoms with Crippen molar-refractivity contribution in [1.82, 2.24) is 3.93 Å². The van der Waals surface area contributed by atoms with Gasteiger partial charge in [0.15, 0.2) is 0 Å². The van der Waals surface area contributed by atoms with Crippen LogP contribution in [0.25, 0.3) is 11.1 Å². The van der Waals surface area contributed by atoms with Crippen molar-refractivity contribution in [2.24, 2.45) is 0 Å². The molecule has 3 rings (SSSR count). The number of imide groups is 1. The molecular formula is C16H10BrNO2. The van der Waals surface area contributed by atoms with Crippen LogP contribution in [0.1, 0.15) is 11.1 Å². The first-order valence-electron chi connectivity index (χ1n) is 6.10. The van der Waals surface area contributed by atoms with Crippen LogP contribution < -0.4 is 0 Å². The Kier molecular flexibility index (Phi) is 3.24. The van der Waals surface area contributed by atoms with Gasteiger partial charge in [-0.25, -0.2) is 3.93 Å². The van der Waals surface area contributed by atoms with E-state index >= 15 is 0 Å². The molecule has 3 nitrogen and oxygen atoms in total. The summed E-state index contributed by atoms with van der Waals surface area (Å²) in [5.74, 6) is -0.667. The smallest absolute Gasteiger partial charge is 0.268 e. The highest BCUT2D eigenvalue weighted by atomic mass is 79.9. The van der Waals surface area contributed by atoms with Gasteiger partial charge in [0, 0.05) is 0 Å². The maximum atomic E-state index is 12.3. The fourth-order valence-corrected chi connectivity index (χ4v) is 2.60. The largest absolute Gasteiger partial charge is 0.272 e. The van der Waals surface area contributed by atoms with Gasteiger partial charge >= 0.3 is 0 Å². The second-order valence-corrected chi connectivity index (χ2v) is 5.08.